The van der Waals surface area contributed by atoms with Crippen LogP contribution in [0.2, 0.25) is 0 Å². The van der Waals surface area contributed by atoms with Gasteiger partial charge in [-0.1, -0.05) is 26.8 Å². The zero-order valence-electron chi connectivity index (χ0n) is 9.79. The van der Waals surface area contributed by atoms with E-state index in [4.69, 9.17) is 4.74 Å². The van der Waals surface area contributed by atoms with Gasteiger partial charge in [-0.15, -0.1) is 0 Å². The number of nitrogens with zero attached hydrogens (tertiary/aromatic N) is 1. The third kappa shape index (κ3) is 1.60. The van der Waals surface area contributed by atoms with E-state index in [0.717, 1.165) is 11.4 Å². The highest BCUT2D eigenvalue weighted by molar-refractivity contribution is 5.67. The Balaban J connectivity index is 2.49. The second-order valence-electron chi connectivity index (χ2n) is 4.99. The first-order chi connectivity index (χ1) is 6.89. The van der Waals surface area contributed by atoms with Crippen molar-refractivity contribution in [2.24, 2.45) is 0 Å². The van der Waals surface area contributed by atoms with Gasteiger partial charge in [-0.3, -0.25) is 0 Å². The summed E-state index contributed by atoms with van der Waals surface area (Å²) in [4.78, 5) is 1.98. The third-order valence-corrected chi connectivity index (χ3v) is 2.79. The first-order valence-electron chi connectivity index (χ1n) is 5.14. The summed E-state index contributed by atoms with van der Waals surface area (Å²) in [6, 6.07) is 6.31. The fraction of sp³-hybridized carbons (Fsp3) is 0.385. The van der Waals surface area contributed by atoms with Gasteiger partial charge in [0.2, 0.25) is 0 Å². The van der Waals surface area contributed by atoms with Crippen LogP contribution in [0.1, 0.15) is 26.3 Å². The van der Waals surface area contributed by atoms with Crippen LogP contribution in [0.3, 0.4) is 0 Å². The molecule has 2 heteroatoms. The summed E-state index contributed by atoms with van der Waals surface area (Å²) < 4.78 is 5.52. The van der Waals surface area contributed by atoms with E-state index in [1.165, 1.54) is 5.56 Å². The van der Waals surface area contributed by atoms with Crippen molar-refractivity contribution in [2.45, 2.75) is 26.2 Å². The number of anilines is 1. The normalized spacial score (nSPS) is 15.2. The van der Waals surface area contributed by atoms with Crippen LogP contribution >= 0.6 is 0 Å². The molecule has 0 saturated carbocycles. The van der Waals surface area contributed by atoms with Crippen molar-refractivity contribution in [2.75, 3.05) is 11.9 Å². The van der Waals surface area contributed by atoms with Crippen LogP contribution in [-0.2, 0) is 5.41 Å². The zero-order valence-corrected chi connectivity index (χ0v) is 9.79. The molecule has 1 aliphatic heterocycles. The molecule has 2 nitrogen and oxygen atoms in total. The van der Waals surface area contributed by atoms with E-state index in [-0.39, 0.29) is 5.41 Å². The fourth-order valence-corrected chi connectivity index (χ4v) is 1.66. The van der Waals surface area contributed by atoms with Gasteiger partial charge in [-0.25, -0.2) is 0 Å². The van der Waals surface area contributed by atoms with Gasteiger partial charge in [0.05, 0.1) is 5.69 Å². The molecule has 0 aliphatic carbocycles. The van der Waals surface area contributed by atoms with Gasteiger partial charge in [0.1, 0.15) is 0 Å². The fourth-order valence-electron chi connectivity index (χ4n) is 1.66. The summed E-state index contributed by atoms with van der Waals surface area (Å²) in [5, 5.41) is 0. The smallest absolute Gasteiger partial charge is 0.193 e. The maximum atomic E-state index is 5.52. The number of rotatable bonds is 0. The summed E-state index contributed by atoms with van der Waals surface area (Å²) in [7, 11) is 1.97. The lowest BCUT2D eigenvalue weighted by atomic mass is 9.87. The van der Waals surface area contributed by atoms with Crippen LogP contribution in [0.4, 0.5) is 5.69 Å². The molecule has 0 aromatic heterocycles. The zero-order chi connectivity index (χ0) is 11.2. The minimum absolute atomic E-state index is 0.166. The number of benzene rings is 1. The molecule has 1 aromatic rings. The van der Waals surface area contributed by atoms with Gasteiger partial charge in [0.15, 0.2) is 11.6 Å². The molecule has 1 aromatic carbocycles. The number of hydrogen-bond acceptors (Lipinski definition) is 2. The Morgan fingerprint density at radius 2 is 1.93 bits per heavy atom. The molecule has 0 radical (unpaired) electrons. The summed E-state index contributed by atoms with van der Waals surface area (Å²) in [6.45, 7) is 10.5. The maximum Gasteiger partial charge on any atom is 0.193 e. The summed E-state index contributed by atoms with van der Waals surface area (Å²) >= 11 is 0. The van der Waals surface area contributed by atoms with Crippen molar-refractivity contribution in [1.29, 1.82) is 0 Å². The van der Waals surface area contributed by atoms with Gasteiger partial charge in [-0.2, -0.15) is 0 Å². The van der Waals surface area contributed by atoms with Crippen LogP contribution in [0.15, 0.2) is 30.7 Å². The average molecular weight is 203 g/mol. The highest BCUT2D eigenvalue weighted by Gasteiger charge is 2.24. The van der Waals surface area contributed by atoms with Crippen molar-refractivity contribution >= 4 is 5.69 Å². The summed E-state index contributed by atoms with van der Waals surface area (Å²) in [6.07, 6.45) is 0. The first-order valence-corrected chi connectivity index (χ1v) is 5.14. The predicted octanol–water partition coefficient (Wildman–Crippen LogP) is 3.28. The molecular formula is C13H17NO. The van der Waals surface area contributed by atoms with E-state index in [1.54, 1.807) is 0 Å². The highest BCUT2D eigenvalue weighted by Crippen LogP contribution is 2.39. The van der Waals surface area contributed by atoms with Crippen LogP contribution in [0.5, 0.6) is 5.75 Å². The quantitative estimate of drug-likeness (QED) is 0.641. The van der Waals surface area contributed by atoms with Crippen molar-refractivity contribution in [3.8, 4) is 5.75 Å². The lowest BCUT2D eigenvalue weighted by Gasteiger charge is -2.20. The molecular weight excluding hydrogens is 186 g/mol. The third-order valence-electron chi connectivity index (χ3n) is 2.79. The Kier molecular flexibility index (Phi) is 2.03. The number of fused-ring (bicyclic) bond motifs is 1. The highest BCUT2D eigenvalue weighted by atomic mass is 16.5. The Hall–Kier alpha value is -1.44. The van der Waals surface area contributed by atoms with Crippen LogP contribution in [0, 0.1) is 0 Å². The Morgan fingerprint density at radius 3 is 2.53 bits per heavy atom. The van der Waals surface area contributed by atoms with Crippen molar-refractivity contribution in [1.82, 2.24) is 0 Å². The molecule has 0 unspecified atom stereocenters. The predicted molar refractivity (Wildman–Crippen MR) is 63.3 cm³/mol. The van der Waals surface area contributed by atoms with E-state index in [9.17, 15) is 0 Å². The average Bonchev–Trinajstić information content (AvgIpc) is 2.41. The van der Waals surface area contributed by atoms with Gasteiger partial charge in [0.25, 0.3) is 0 Å². The van der Waals surface area contributed by atoms with Crippen molar-refractivity contribution in [3.63, 3.8) is 0 Å². The first kappa shape index (κ1) is 10.1. The van der Waals surface area contributed by atoms with Crippen LogP contribution in [0.25, 0.3) is 0 Å². The van der Waals surface area contributed by atoms with Gasteiger partial charge < -0.3 is 9.64 Å². The molecule has 0 N–H and O–H groups in total. The van der Waals surface area contributed by atoms with Crippen molar-refractivity contribution in [3.05, 3.63) is 36.2 Å². The SMILES string of the molecule is C=C1Oc2ccc(C(C)(C)C)cc2N1C. The monoisotopic (exact) mass is 203 g/mol. The van der Waals surface area contributed by atoms with Gasteiger partial charge >= 0.3 is 0 Å². The van der Waals surface area contributed by atoms with E-state index in [0.29, 0.717) is 5.88 Å². The molecule has 15 heavy (non-hydrogen) atoms. The molecule has 0 spiro atoms. The molecule has 1 heterocycles. The lowest BCUT2D eigenvalue weighted by Crippen LogP contribution is -2.14. The minimum Gasteiger partial charge on any atom is -0.439 e. The number of ether oxygens (including phenoxy) is 1. The van der Waals surface area contributed by atoms with Gasteiger partial charge in [0, 0.05) is 7.05 Å². The minimum atomic E-state index is 0.166. The molecule has 1 aliphatic rings. The summed E-state index contributed by atoms with van der Waals surface area (Å²) in [5.74, 6) is 1.59. The molecule has 0 saturated heterocycles. The molecule has 80 valence electrons. The molecule has 2 rings (SSSR count). The Bertz CT molecular complexity index is 415. The summed E-state index contributed by atoms with van der Waals surface area (Å²) in [5.41, 5.74) is 2.58. The van der Waals surface area contributed by atoms with Crippen LogP contribution in [-0.4, -0.2) is 7.05 Å². The van der Waals surface area contributed by atoms with E-state index in [2.05, 4.69) is 39.5 Å². The lowest BCUT2D eigenvalue weighted by molar-refractivity contribution is 0.446. The molecule has 0 bridgehead atoms. The Labute approximate surface area is 91.2 Å². The standard InChI is InChI=1S/C13H17NO/c1-9-14(5)11-8-10(13(2,3)4)6-7-12(11)15-9/h6-8H,1H2,2-5H3. The van der Waals surface area contributed by atoms with Gasteiger partial charge in [-0.05, 0) is 29.7 Å². The molecule has 0 atom stereocenters. The second kappa shape index (κ2) is 3.02. The molecule has 0 amide bonds. The second-order valence-corrected chi connectivity index (χ2v) is 4.99. The topological polar surface area (TPSA) is 12.5 Å². The van der Waals surface area contributed by atoms with E-state index in [1.807, 2.05) is 18.0 Å². The van der Waals surface area contributed by atoms with Crippen molar-refractivity contribution < 1.29 is 4.74 Å². The number of hydrogen-bond donors (Lipinski definition) is 0. The maximum absolute atomic E-state index is 5.52. The van der Waals surface area contributed by atoms with E-state index >= 15 is 0 Å². The largest absolute Gasteiger partial charge is 0.439 e. The Morgan fingerprint density at radius 1 is 1.27 bits per heavy atom. The van der Waals surface area contributed by atoms with Crippen LogP contribution < -0.4 is 9.64 Å². The van der Waals surface area contributed by atoms with E-state index < -0.39 is 0 Å². The molecule has 0 fully saturated rings.